The Balaban J connectivity index is 2.51. The number of nitrogens with one attached hydrogen (secondary N) is 3. The van der Waals surface area contributed by atoms with Crippen LogP contribution in [-0.4, -0.2) is 23.3 Å². The molecule has 1 amide bonds. The van der Waals surface area contributed by atoms with E-state index in [1.165, 1.54) is 18.2 Å². The van der Waals surface area contributed by atoms with Crippen molar-refractivity contribution in [1.29, 1.82) is 10.8 Å². The van der Waals surface area contributed by atoms with E-state index in [2.05, 4.69) is 26.2 Å². The van der Waals surface area contributed by atoms with Gasteiger partial charge in [0.2, 0.25) is 0 Å². The molecule has 1 aliphatic heterocycles. The second-order valence-electron chi connectivity index (χ2n) is 3.26. The second kappa shape index (κ2) is 4.17. The summed E-state index contributed by atoms with van der Waals surface area (Å²) >= 11 is 3.17. The highest BCUT2D eigenvalue weighted by Gasteiger charge is 2.24. The molecule has 0 fully saturated rings. The van der Waals surface area contributed by atoms with Crippen LogP contribution in [0.15, 0.2) is 27.7 Å². The number of rotatable bonds is 1. The van der Waals surface area contributed by atoms with Gasteiger partial charge in [-0.2, -0.15) is 0 Å². The van der Waals surface area contributed by atoms with Gasteiger partial charge in [-0.05, 0) is 18.2 Å². The number of benzene rings is 1. The van der Waals surface area contributed by atoms with Crippen LogP contribution in [0.5, 0.6) is 0 Å². The lowest BCUT2D eigenvalue weighted by Crippen LogP contribution is -2.44. The van der Waals surface area contributed by atoms with Crippen LogP contribution in [0.25, 0.3) is 0 Å². The Kier molecular flexibility index (Phi) is 2.84. The first kappa shape index (κ1) is 11.6. The molecule has 0 bridgehead atoms. The first-order chi connectivity index (χ1) is 7.99. The maximum absolute atomic E-state index is 13.5. The summed E-state index contributed by atoms with van der Waals surface area (Å²) in [5, 5.41) is 16.8. The van der Waals surface area contributed by atoms with E-state index in [9.17, 15) is 9.18 Å². The molecule has 1 aliphatic rings. The van der Waals surface area contributed by atoms with E-state index in [0.29, 0.717) is 4.47 Å². The number of hydrogen-bond donors (Lipinski definition) is 3. The Morgan fingerprint density at radius 2 is 2.06 bits per heavy atom. The molecule has 0 saturated carbocycles. The lowest BCUT2D eigenvalue weighted by molar-refractivity contribution is -0.113. The molecule has 0 unspecified atom stereocenters. The minimum atomic E-state index is -0.764. The zero-order valence-electron chi connectivity index (χ0n) is 8.34. The largest absolute Gasteiger partial charge is 0.304 e. The first-order valence-corrected chi connectivity index (χ1v) is 5.31. The molecule has 86 valence electrons. The minimum Gasteiger partial charge on any atom is -0.304 e. The fourth-order valence-electron chi connectivity index (χ4n) is 1.28. The van der Waals surface area contributed by atoms with Gasteiger partial charge in [-0.15, -0.1) is 0 Å². The van der Waals surface area contributed by atoms with E-state index in [1.54, 1.807) is 0 Å². The van der Waals surface area contributed by atoms with Crippen LogP contribution in [0.3, 0.4) is 0 Å². The Morgan fingerprint density at radius 3 is 2.71 bits per heavy atom. The van der Waals surface area contributed by atoms with Crippen LogP contribution in [0.1, 0.15) is 5.56 Å². The number of carbonyl (C=O) groups is 1. The van der Waals surface area contributed by atoms with E-state index < -0.39 is 23.3 Å². The summed E-state index contributed by atoms with van der Waals surface area (Å²) in [6.45, 7) is 0. The Bertz CT molecular complexity index is 582. The maximum Gasteiger partial charge on any atom is 0.278 e. The van der Waals surface area contributed by atoms with Crippen LogP contribution in [0.4, 0.5) is 4.39 Å². The number of hydrogen-bond acceptors (Lipinski definition) is 3. The van der Waals surface area contributed by atoms with E-state index in [-0.39, 0.29) is 11.4 Å². The van der Waals surface area contributed by atoms with Gasteiger partial charge in [0, 0.05) is 4.47 Å². The maximum atomic E-state index is 13.5. The van der Waals surface area contributed by atoms with E-state index in [1.807, 2.05) is 0 Å². The molecule has 0 radical (unpaired) electrons. The third-order valence-corrected chi connectivity index (χ3v) is 2.60. The summed E-state index contributed by atoms with van der Waals surface area (Å²) in [5.41, 5.74) is -0.464. The molecule has 0 aromatic heterocycles. The zero-order valence-corrected chi connectivity index (χ0v) is 9.93. The van der Waals surface area contributed by atoms with Crippen LogP contribution in [-0.2, 0) is 4.79 Å². The van der Waals surface area contributed by atoms with Crippen molar-refractivity contribution < 1.29 is 9.18 Å². The Labute approximate surface area is 104 Å². The third kappa shape index (κ3) is 2.14. The number of aliphatic imine (C=N–C) groups is 1. The lowest BCUT2D eigenvalue weighted by atomic mass is 10.1. The number of nitrogens with zero attached hydrogens (tertiary/aromatic N) is 1. The van der Waals surface area contributed by atoms with Crippen LogP contribution in [0.2, 0.25) is 0 Å². The molecule has 0 atom stereocenters. The smallest absolute Gasteiger partial charge is 0.278 e. The van der Waals surface area contributed by atoms with Crippen molar-refractivity contribution in [2.24, 2.45) is 4.99 Å². The summed E-state index contributed by atoms with van der Waals surface area (Å²) in [6, 6.07) is 4.17. The predicted octanol–water partition coefficient (Wildman–Crippen LogP) is 1.46. The van der Waals surface area contributed by atoms with Gasteiger partial charge in [-0.1, -0.05) is 15.9 Å². The second-order valence-corrected chi connectivity index (χ2v) is 4.18. The van der Waals surface area contributed by atoms with Crippen LogP contribution in [0, 0.1) is 16.6 Å². The van der Waals surface area contributed by atoms with Crippen molar-refractivity contribution in [3.8, 4) is 0 Å². The summed E-state index contributed by atoms with van der Waals surface area (Å²) in [6.07, 6.45) is 0. The highest BCUT2D eigenvalue weighted by Crippen LogP contribution is 2.16. The molecule has 0 aliphatic carbocycles. The molecule has 17 heavy (non-hydrogen) atoms. The zero-order chi connectivity index (χ0) is 12.6. The molecule has 2 rings (SSSR count). The average Bonchev–Trinajstić information content (AvgIpc) is 2.28. The van der Waals surface area contributed by atoms with Crippen molar-refractivity contribution in [3.63, 3.8) is 0 Å². The number of carbonyl (C=O) groups excluding carboxylic acids is 1. The highest BCUT2D eigenvalue weighted by molar-refractivity contribution is 9.10. The topological polar surface area (TPSA) is 89.2 Å². The van der Waals surface area contributed by atoms with Gasteiger partial charge < -0.3 is 5.32 Å². The lowest BCUT2D eigenvalue weighted by Gasteiger charge is -2.15. The molecular weight excluding hydrogens is 291 g/mol. The van der Waals surface area contributed by atoms with Crippen molar-refractivity contribution in [1.82, 2.24) is 5.32 Å². The fourth-order valence-corrected chi connectivity index (χ4v) is 1.64. The van der Waals surface area contributed by atoms with Crippen molar-refractivity contribution in [2.45, 2.75) is 0 Å². The summed E-state index contributed by atoms with van der Waals surface area (Å²) < 4.78 is 14.2. The van der Waals surface area contributed by atoms with Crippen LogP contribution < -0.4 is 5.32 Å². The van der Waals surface area contributed by atoms with Gasteiger partial charge in [0.05, 0.1) is 5.56 Å². The monoisotopic (exact) mass is 296 g/mol. The summed E-state index contributed by atoms with van der Waals surface area (Å²) in [7, 11) is 0. The number of amides is 1. The van der Waals surface area contributed by atoms with Gasteiger partial charge in [0.15, 0.2) is 11.5 Å². The Hall–Kier alpha value is -1.89. The average molecular weight is 297 g/mol. The summed E-state index contributed by atoms with van der Waals surface area (Å²) in [5.74, 6) is -1.87. The summed E-state index contributed by atoms with van der Waals surface area (Å²) in [4.78, 5) is 15.0. The van der Waals surface area contributed by atoms with Gasteiger partial charge in [-0.3, -0.25) is 15.6 Å². The molecule has 1 aromatic rings. The van der Waals surface area contributed by atoms with E-state index >= 15 is 0 Å². The minimum absolute atomic E-state index is 0.0604. The van der Waals surface area contributed by atoms with Gasteiger partial charge in [0.1, 0.15) is 11.7 Å². The quantitative estimate of drug-likeness (QED) is 0.720. The number of halogens is 2. The van der Waals surface area contributed by atoms with E-state index in [0.717, 1.165) is 0 Å². The normalized spacial score (nSPS) is 15.6. The molecule has 0 spiro atoms. The molecule has 1 aromatic carbocycles. The standard InChI is InChI=1S/C10H6BrFN4O/c11-4-1-2-6(12)5(3-4)9-15-8(14)7(13)10(17)16-9/h1-3,13H,(H2,14,15,16,17). The van der Waals surface area contributed by atoms with Crippen molar-refractivity contribution in [3.05, 3.63) is 34.1 Å². The van der Waals surface area contributed by atoms with Crippen LogP contribution >= 0.6 is 15.9 Å². The third-order valence-electron chi connectivity index (χ3n) is 2.10. The Morgan fingerprint density at radius 1 is 1.35 bits per heavy atom. The molecule has 5 nitrogen and oxygen atoms in total. The SMILES string of the molecule is N=C1N=C(c2cc(Br)ccc2F)NC(=O)C1=N. The molecular formula is C10H6BrFN4O. The molecule has 7 heteroatoms. The molecule has 3 N–H and O–H groups in total. The van der Waals surface area contributed by atoms with Crippen molar-refractivity contribution in [2.75, 3.05) is 0 Å². The first-order valence-electron chi connectivity index (χ1n) is 4.52. The van der Waals surface area contributed by atoms with Gasteiger partial charge >= 0.3 is 0 Å². The van der Waals surface area contributed by atoms with E-state index in [4.69, 9.17) is 10.8 Å². The number of amidine groups is 2. The highest BCUT2D eigenvalue weighted by atomic mass is 79.9. The van der Waals surface area contributed by atoms with Crippen molar-refractivity contribution >= 4 is 39.2 Å². The molecule has 1 heterocycles. The molecule has 0 saturated heterocycles. The fraction of sp³-hybridized carbons (Fsp3) is 0. The predicted molar refractivity (Wildman–Crippen MR) is 64.2 cm³/mol. The van der Waals surface area contributed by atoms with Gasteiger partial charge in [-0.25, -0.2) is 9.38 Å². The van der Waals surface area contributed by atoms with Gasteiger partial charge in [0.25, 0.3) is 5.91 Å².